The van der Waals surface area contributed by atoms with Crippen molar-refractivity contribution in [2.45, 2.75) is 46.1 Å². The van der Waals surface area contributed by atoms with E-state index in [0.717, 1.165) is 30.0 Å². The molecule has 3 N–H and O–H groups in total. The zero-order valence-electron chi connectivity index (χ0n) is 10.4. The highest BCUT2D eigenvalue weighted by atomic mass is 15.3. The Morgan fingerprint density at radius 2 is 2.00 bits per heavy atom. The van der Waals surface area contributed by atoms with Crippen molar-refractivity contribution in [3.63, 3.8) is 0 Å². The van der Waals surface area contributed by atoms with Crippen LogP contribution in [0.2, 0.25) is 0 Å². The van der Waals surface area contributed by atoms with E-state index in [1.165, 1.54) is 0 Å². The Morgan fingerprint density at radius 3 is 2.47 bits per heavy atom. The summed E-state index contributed by atoms with van der Waals surface area (Å²) in [5.41, 5.74) is 7.84. The Bertz CT molecular complexity index is 333. The number of aryl methyl sites for hydroxylation is 2. The van der Waals surface area contributed by atoms with Crippen LogP contribution in [-0.2, 0) is 13.5 Å². The monoisotopic (exact) mass is 210 g/mol. The van der Waals surface area contributed by atoms with Gasteiger partial charge in [-0.2, -0.15) is 5.10 Å². The summed E-state index contributed by atoms with van der Waals surface area (Å²) in [7, 11) is 1.92. The highest BCUT2D eigenvalue weighted by Gasteiger charge is 2.17. The van der Waals surface area contributed by atoms with Crippen molar-refractivity contribution in [1.29, 1.82) is 0 Å². The van der Waals surface area contributed by atoms with Gasteiger partial charge in [0.2, 0.25) is 0 Å². The fourth-order valence-corrected chi connectivity index (χ4v) is 1.52. The summed E-state index contributed by atoms with van der Waals surface area (Å²) >= 11 is 0. The second-order valence-electron chi connectivity index (χ2n) is 4.96. The van der Waals surface area contributed by atoms with Crippen molar-refractivity contribution >= 4 is 11.5 Å². The van der Waals surface area contributed by atoms with E-state index in [0.29, 0.717) is 0 Å². The molecule has 0 saturated carbocycles. The molecule has 0 saturated heterocycles. The van der Waals surface area contributed by atoms with Gasteiger partial charge in [-0.15, -0.1) is 0 Å². The summed E-state index contributed by atoms with van der Waals surface area (Å²) in [4.78, 5) is 0. The second-order valence-corrected chi connectivity index (χ2v) is 4.96. The van der Waals surface area contributed by atoms with Crippen molar-refractivity contribution in [3.05, 3.63) is 5.69 Å². The van der Waals surface area contributed by atoms with E-state index in [2.05, 4.69) is 38.1 Å². The van der Waals surface area contributed by atoms with Crippen LogP contribution >= 0.6 is 0 Å². The van der Waals surface area contributed by atoms with Gasteiger partial charge in [0.25, 0.3) is 0 Å². The van der Waals surface area contributed by atoms with Gasteiger partial charge in [-0.3, -0.25) is 4.68 Å². The summed E-state index contributed by atoms with van der Waals surface area (Å²) in [5.74, 6) is 0.922. The summed E-state index contributed by atoms with van der Waals surface area (Å²) < 4.78 is 1.82. The fourth-order valence-electron chi connectivity index (χ4n) is 1.52. The van der Waals surface area contributed by atoms with Gasteiger partial charge in [-0.1, -0.05) is 13.3 Å². The van der Waals surface area contributed by atoms with Crippen LogP contribution in [0.5, 0.6) is 0 Å². The van der Waals surface area contributed by atoms with Gasteiger partial charge >= 0.3 is 0 Å². The first-order valence-electron chi connectivity index (χ1n) is 5.44. The number of hydrogen-bond acceptors (Lipinski definition) is 3. The standard InChI is InChI=1S/C11H22N4/c1-6-7-8-9(12)10(15(5)14-8)13-11(2,3)4/h13H,6-7,12H2,1-5H3. The molecule has 0 aliphatic rings. The lowest BCUT2D eigenvalue weighted by Gasteiger charge is -2.22. The Hall–Kier alpha value is -1.19. The molecule has 1 rings (SSSR count). The summed E-state index contributed by atoms with van der Waals surface area (Å²) in [6, 6.07) is 0. The van der Waals surface area contributed by atoms with Crippen molar-refractivity contribution in [1.82, 2.24) is 9.78 Å². The predicted molar refractivity (Wildman–Crippen MR) is 65.0 cm³/mol. The maximum atomic E-state index is 6.05. The number of nitrogens with two attached hydrogens (primary N) is 1. The topological polar surface area (TPSA) is 55.9 Å². The van der Waals surface area contributed by atoms with E-state index in [4.69, 9.17) is 5.73 Å². The van der Waals surface area contributed by atoms with Crippen LogP contribution in [0.15, 0.2) is 0 Å². The molecule has 1 heterocycles. The Kier molecular flexibility index (Phi) is 3.27. The molecule has 0 bridgehead atoms. The maximum Gasteiger partial charge on any atom is 0.148 e. The first kappa shape index (κ1) is 11.9. The Labute approximate surface area is 91.8 Å². The lowest BCUT2D eigenvalue weighted by atomic mass is 10.1. The minimum Gasteiger partial charge on any atom is -0.394 e. The number of hydrogen-bond donors (Lipinski definition) is 2. The van der Waals surface area contributed by atoms with Gasteiger partial charge in [0.1, 0.15) is 5.82 Å². The first-order chi connectivity index (χ1) is 6.85. The molecule has 4 heteroatoms. The quantitative estimate of drug-likeness (QED) is 0.804. The average Bonchev–Trinajstić information content (AvgIpc) is 2.32. The van der Waals surface area contributed by atoms with Crippen LogP contribution in [0.25, 0.3) is 0 Å². The molecule has 0 spiro atoms. The van der Waals surface area contributed by atoms with E-state index in [-0.39, 0.29) is 5.54 Å². The normalized spacial score (nSPS) is 11.8. The molecule has 86 valence electrons. The number of anilines is 2. The number of aromatic nitrogens is 2. The van der Waals surface area contributed by atoms with E-state index in [1.807, 2.05) is 11.7 Å². The number of rotatable bonds is 3. The molecule has 4 nitrogen and oxygen atoms in total. The second kappa shape index (κ2) is 4.13. The van der Waals surface area contributed by atoms with Gasteiger partial charge in [0.15, 0.2) is 0 Å². The van der Waals surface area contributed by atoms with E-state index in [1.54, 1.807) is 0 Å². The maximum absolute atomic E-state index is 6.05. The van der Waals surface area contributed by atoms with E-state index < -0.39 is 0 Å². The molecule has 0 fully saturated rings. The van der Waals surface area contributed by atoms with Crippen molar-refractivity contribution in [2.75, 3.05) is 11.1 Å². The minimum atomic E-state index is 0.00536. The van der Waals surface area contributed by atoms with Crippen LogP contribution in [0, 0.1) is 0 Å². The zero-order chi connectivity index (χ0) is 11.6. The fraction of sp³-hybridized carbons (Fsp3) is 0.727. The minimum absolute atomic E-state index is 0.00536. The lowest BCUT2D eigenvalue weighted by molar-refractivity contribution is 0.616. The third-order valence-electron chi connectivity index (χ3n) is 2.14. The van der Waals surface area contributed by atoms with E-state index in [9.17, 15) is 0 Å². The predicted octanol–water partition coefficient (Wildman–Crippen LogP) is 2.17. The summed E-state index contributed by atoms with van der Waals surface area (Å²) in [6.45, 7) is 8.46. The third kappa shape index (κ3) is 2.88. The number of nitrogens with one attached hydrogen (secondary N) is 1. The van der Waals surface area contributed by atoms with Gasteiger partial charge in [-0.25, -0.2) is 0 Å². The van der Waals surface area contributed by atoms with Crippen LogP contribution in [0.1, 0.15) is 39.8 Å². The van der Waals surface area contributed by atoms with Gasteiger partial charge < -0.3 is 11.1 Å². The lowest BCUT2D eigenvalue weighted by Crippen LogP contribution is -2.28. The Morgan fingerprint density at radius 1 is 1.40 bits per heavy atom. The Balaban J connectivity index is 2.98. The largest absolute Gasteiger partial charge is 0.394 e. The molecule has 0 aliphatic heterocycles. The van der Waals surface area contributed by atoms with Crippen LogP contribution in [0.3, 0.4) is 0 Å². The van der Waals surface area contributed by atoms with Gasteiger partial charge in [0.05, 0.1) is 11.4 Å². The molecule has 0 unspecified atom stereocenters. The third-order valence-corrected chi connectivity index (χ3v) is 2.14. The molecule has 1 aromatic heterocycles. The molecular weight excluding hydrogens is 188 g/mol. The summed E-state index contributed by atoms with van der Waals surface area (Å²) in [6.07, 6.45) is 2.00. The van der Waals surface area contributed by atoms with Crippen LogP contribution < -0.4 is 11.1 Å². The average molecular weight is 210 g/mol. The molecular formula is C11H22N4. The summed E-state index contributed by atoms with van der Waals surface area (Å²) in [5, 5.41) is 7.79. The highest BCUT2D eigenvalue weighted by Crippen LogP contribution is 2.25. The molecule has 0 amide bonds. The molecule has 15 heavy (non-hydrogen) atoms. The van der Waals surface area contributed by atoms with Crippen molar-refractivity contribution < 1.29 is 0 Å². The van der Waals surface area contributed by atoms with Crippen molar-refractivity contribution in [2.24, 2.45) is 7.05 Å². The zero-order valence-corrected chi connectivity index (χ0v) is 10.4. The van der Waals surface area contributed by atoms with Crippen LogP contribution in [0.4, 0.5) is 11.5 Å². The molecule has 0 radical (unpaired) electrons. The SMILES string of the molecule is CCCc1nn(C)c(NC(C)(C)C)c1N. The molecule has 0 aliphatic carbocycles. The van der Waals surface area contributed by atoms with Crippen molar-refractivity contribution in [3.8, 4) is 0 Å². The molecule has 0 atom stereocenters. The molecule has 0 aromatic carbocycles. The number of nitrogen functional groups attached to an aromatic ring is 1. The first-order valence-corrected chi connectivity index (χ1v) is 5.44. The highest BCUT2D eigenvalue weighted by molar-refractivity contribution is 5.65. The van der Waals surface area contributed by atoms with Crippen LogP contribution in [-0.4, -0.2) is 15.3 Å². The molecule has 1 aromatic rings. The van der Waals surface area contributed by atoms with Gasteiger partial charge in [-0.05, 0) is 27.2 Å². The van der Waals surface area contributed by atoms with Gasteiger partial charge in [0, 0.05) is 12.6 Å². The smallest absolute Gasteiger partial charge is 0.148 e. The van der Waals surface area contributed by atoms with E-state index >= 15 is 0 Å². The number of nitrogens with zero attached hydrogens (tertiary/aromatic N) is 2.